The lowest BCUT2D eigenvalue weighted by Gasteiger charge is -2.36. The highest BCUT2D eigenvalue weighted by atomic mass is 32.1. The van der Waals surface area contributed by atoms with Crippen molar-refractivity contribution in [2.45, 2.75) is 18.8 Å². The molecule has 6 nitrogen and oxygen atoms in total. The van der Waals surface area contributed by atoms with Gasteiger partial charge in [-0.1, -0.05) is 24.3 Å². The van der Waals surface area contributed by atoms with Gasteiger partial charge in [-0.3, -0.25) is 14.4 Å². The number of carbonyl (C=O) groups excluding carboxylic acids is 3. The van der Waals surface area contributed by atoms with Crippen LogP contribution in [0.25, 0.3) is 0 Å². The van der Waals surface area contributed by atoms with E-state index in [1.807, 2.05) is 46.2 Å². The van der Waals surface area contributed by atoms with Gasteiger partial charge < -0.3 is 14.7 Å². The Labute approximate surface area is 180 Å². The first kappa shape index (κ1) is 19.3. The lowest BCUT2D eigenvalue weighted by Crippen LogP contribution is -2.52. The molecule has 1 saturated carbocycles. The van der Waals surface area contributed by atoms with Gasteiger partial charge in [-0.05, 0) is 30.0 Å². The van der Waals surface area contributed by atoms with Gasteiger partial charge in [0.25, 0.3) is 0 Å². The number of anilines is 1. The number of thiophene rings is 1. The van der Waals surface area contributed by atoms with Crippen LogP contribution in [0.5, 0.6) is 0 Å². The number of piperazine rings is 1. The molecule has 0 radical (unpaired) electrons. The highest BCUT2D eigenvalue weighted by molar-refractivity contribution is 7.10. The topological polar surface area (TPSA) is 60.9 Å². The number of carbonyl (C=O) groups is 3. The van der Waals surface area contributed by atoms with Crippen molar-refractivity contribution in [2.24, 2.45) is 11.8 Å². The third kappa shape index (κ3) is 3.62. The van der Waals surface area contributed by atoms with E-state index < -0.39 is 0 Å². The smallest absolute Gasteiger partial charge is 0.228 e. The van der Waals surface area contributed by atoms with E-state index >= 15 is 0 Å². The first-order valence-corrected chi connectivity index (χ1v) is 11.5. The summed E-state index contributed by atoms with van der Waals surface area (Å²) in [5.41, 5.74) is 0.845. The van der Waals surface area contributed by atoms with Gasteiger partial charge in [0.2, 0.25) is 17.7 Å². The Kier molecular flexibility index (Phi) is 5.06. The zero-order valence-electron chi connectivity index (χ0n) is 16.8. The van der Waals surface area contributed by atoms with Crippen LogP contribution in [0.15, 0.2) is 47.8 Å². The average Bonchev–Trinajstić information content (AvgIpc) is 3.19. The zero-order chi connectivity index (χ0) is 20.7. The molecule has 3 unspecified atom stereocenters. The van der Waals surface area contributed by atoms with Crippen LogP contribution in [0, 0.1) is 11.8 Å². The minimum absolute atomic E-state index is 0.00159. The second-order valence-corrected chi connectivity index (χ2v) is 9.33. The van der Waals surface area contributed by atoms with E-state index in [1.165, 1.54) is 4.88 Å². The molecule has 0 spiro atoms. The van der Waals surface area contributed by atoms with Gasteiger partial charge in [-0.2, -0.15) is 0 Å². The Balaban J connectivity index is 1.14. The summed E-state index contributed by atoms with van der Waals surface area (Å²) in [6.45, 7) is 2.71. The lowest BCUT2D eigenvalue weighted by atomic mass is 10.1. The molecular formula is C23H25N3O3S. The number of hydrogen-bond acceptors (Lipinski definition) is 4. The molecule has 1 aromatic heterocycles. The van der Waals surface area contributed by atoms with E-state index in [9.17, 15) is 14.4 Å². The zero-order valence-corrected chi connectivity index (χ0v) is 17.6. The SMILES string of the molecule is O=C(C1CC(=O)N(c2ccccc2)C1)N1CCN(C(=O)C2CC2c2cccs2)CC1. The van der Waals surface area contributed by atoms with Gasteiger partial charge in [-0.15, -0.1) is 11.3 Å². The fraction of sp³-hybridized carbons (Fsp3) is 0.435. The molecule has 0 N–H and O–H groups in total. The fourth-order valence-corrected chi connectivity index (χ4v) is 5.56. The second kappa shape index (κ2) is 7.87. The van der Waals surface area contributed by atoms with E-state index in [-0.39, 0.29) is 36.0 Å². The van der Waals surface area contributed by atoms with Gasteiger partial charge in [0.1, 0.15) is 0 Å². The van der Waals surface area contributed by atoms with Crippen LogP contribution >= 0.6 is 11.3 Å². The van der Waals surface area contributed by atoms with E-state index in [0.29, 0.717) is 38.6 Å². The van der Waals surface area contributed by atoms with Crippen LogP contribution in [0.4, 0.5) is 5.69 Å². The molecule has 2 aromatic rings. The van der Waals surface area contributed by atoms with Crippen molar-refractivity contribution in [3.63, 3.8) is 0 Å². The molecule has 2 saturated heterocycles. The monoisotopic (exact) mass is 423 g/mol. The summed E-state index contributed by atoms with van der Waals surface area (Å²) in [5.74, 6) is 0.459. The molecule has 3 heterocycles. The highest BCUT2D eigenvalue weighted by Gasteiger charge is 2.47. The molecule has 2 aliphatic heterocycles. The van der Waals surface area contributed by atoms with E-state index in [1.54, 1.807) is 16.2 Å². The second-order valence-electron chi connectivity index (χ2n) is 8.36. The minimum atomic E-state index is -0.299. The maximum absolute atomic E-state index is 13.0. The van der Waals surface area contributed by atoms with Crippen LogP contribution in [0.1, 0.15) is 23.6 Å². The lowest BCUT2D eigenvalue weighted by molar-refractivity contribution is -0.142. The van der Waals surface area contributed by atoms with Crippen molar-refractivity contribution in [2.75, 3.05) is 37.6 Å². The standard InChI is InChI=1S/C23H25N3O3S/c27-21-13-16(15-26(21)17-5-2-1-3-6-17)22(28)24-8-10-25(11-9-24)23(29)19-14-18(19)20-7-4-12-30-20/h1-7,12,16,18-19H,8-11,13-15H2. The van der Waals surface area contributed by atoms with Crippen molar-refractivity contribution >= 4 is 34.7 Å². The molecule has 3 atom stereocenters. The van der Waals surface area contributed by atoms with Crippen molar-refractivity contribution in [3.05, 3.63) is 52.7 Å². The maximum Gasteiger partial charge on any atom is 0.228 e. The molecule has 3 fully saturated rings. The van der Waals surface area contributed by atoms with Crippen molar-refractivity contribution in [1.29, 1.82) is 0 Å². The maximum atomic E-state index is 13.0. The molecule has 7 heteroatoms. The molecule has 3 aliphatic rings. The van der Waals surface area contributed by atoms with Gasteiger partial charge in [0.05, 0.1) is 5.92 Å². The van der Waals surface area contributed by atoms with Crippen LogP contribution < -0.4 is 4.90 Å². The largest absolute Gasteiger partial charge is 0.339 e. The van der Waals surface area contributed by atoms with Crippen LogP contribution in [-0.2, 0) is 14.4 Å². The first-order chi connectivity index (χ1) is 14.6. The number of nitrogens with zero attached hydrogens (tertiary/aromatic N) is 3. The Morgan fingerprint density at radius 1 is 0.900 bits per heavy atom. The fourth-order valence-electron chi connectivity index (χ4n) is 4.66. The van der Waals surface area contributed by atoms with Gasteiger partial charge in [0, 0.05) is 61.5 Å². The third-order valence-corrected chi connectivity index (χ3v) is 7.47. The predicted molar refractivity (Wildman–Crippen MR) is 115 cm³/mol. The van der Waals surface area contributed by atoms with Crippen LogP contribution in [0.3, 0.4) is 0 Å². The number of para-hydroxylation sites is 1. The molecule has 1 aliphatic carbocycles. The third-order valence-electron chi connectivity index (χ3n) is 6.46. The summed E-state index contributed by atoms with van der Waals surface area (Å²) in [7, 11) is 0. The first-order valence-electron chi connectivity index (χ1n) is 10.6. The Morgan fingerprint density at radius 2 is 1.60 bits per heavy atom. The average molecular weight is 424 g/mol. The summed E-state index contributed by atoms with van der Waals surface area (Å²) in [4.78, 5) is 45.0. The van der Waals surface area contributed by atoms with Crippen LogP contribution in [0.2, 0.25) is 0 Å². The predicted octanol–water partition coefficient (Wildman–Crippen LogP) is 2.58. The quantitative estimate of drug-likeness (QED) is 0.760. The molecule has 30 heavy (non-hydrogen) atoms. The Morgan fingerprint density at radius 3 is 2.27 bits per heavy atom. The van der Waals surface area contributed by atoms with Crippen molar-refractivity contribution in [1.82, 2.24) is 9.80 Å². The molecule has 5 rings (SSSR count). The number of rotatable bonds is 4. The highest BCUT2D eigenvalue weighted by Crippen LogP contribution is 2.50. The van der Waals surface area contributed by atoms with Gasteiger partial charge >= 0.3 is 0 Å². The van der Waals surface area contributed by atoms with E-state index in [2.05, 4.69) is 11.4 Å². The molecule has 1 aromatic carbocycles. The summed E-state index contributed by atoms with van der Waals surface area (Å²) < 4.78 is 0. The Bertz CT molecular complexity index is 938. The van der Waals surface area contributed by atoms with E-state index in [4.69, 9.17) is 0 Å². The molecule has 0 bridgehead atoms. The molecule has 3 amide bonds. The van der Waals surface area contributed by atoms with Crippen LogP contribution in [-0.4, -0.2) is 60.2 Å². The summed E-state index contributed by atoms with van der Waals surface area (Å²) in [6.07, 6.45) is 1.20. The molecule has 156 valence electrons. The number of hydrogen-bond donors (Lipinski definition) is 0. The molecular weight excluding hydrogens is 398 g/mol. The summed E-state index contributed by atoms with van der Waals surface area (Å²) in [6, 6.07) is 13.7. The minimum Gasteiger partial charge on any atom is -0.339 e. The summed E-state index contributed by atoms with van der Waals surface area (Å²) in [5, 5.41) is 2.06. The van der Waals surface area contributed by atoms with Gasteiger partial charge in [0.15, 0.2) is 0 Å². The van der Waals surface area contributed by atoms with Crippen molar-refractivity contribution < 1.29 is 14.4 Å². The Hall–Kier alpha value is -2.67. The number of benzene rings is 1. The summed E-state index contributed by atoms with van der Waals surface area (Å²) >= 11 is 1.72. The van der Waals surface area contributed by atoms with E-state index in [0.717, 1.165) is 12.1 Å². The number of amides is 3. The van der Waals surface area contributed by atoms with Crippen molar-refractivity contribution in [3.8, 4) is 0 Å². The normalized spacial score (nSPS) is 26.2. The van der Waals surface area contributed by atoms with Gasteiger partial charge in [-0.25, -0.2) is 0 Å².